The van der Waals surface area contributed by atoms with Crippen molar-refractivity contribution in [2.45, 2.75) is 103 Å². The summed E-state index contributed by atoms with van der Waals surface area (Å²) in [4.78, 5) is 44.8. The number of anilines is 1. The number of aromatic nitrogens is 2. The number of benzene rings is 1. The average Bonchev–Trinajstić information content (AvgIpc) is 3.33. The highest BCUT2D eigenvalue weighted by Gasteiger charge is 2.30. The fraction of sp³-hybridized carbons (Fsp3) is 0.667. The minimum Gasteiger partial charge on any atom is -0.491 e. The van der Waals surface area contributed by atoms with Crippen LogP contribution in [-0.2, 0) is 16.1 Å². The number of unbranched alkanes of at least 4 members (excludes halogenated alkanes) is 3. The van der Waals surface area contributed by atoms with E-state index in [4.69, 9.17) is 9.84 Å². The molecule has 2 heterocycles. The summed E-state index contributed by atoms with van der Waals surface area (Å²) in [6.07, 6.45) is 13.1. The zero-order chi connectivity index (χ0) is 27.6. The summed E-state index contributed by atoms with van der Waals surface area (Å²) in [7, 11) is 0. The minimum atomic E-state index is -0.270. The van der Waals surface area contributed by atoms with Gasteiger partial charge < -0.3 is 14.7 Å². The molecule has 2 N–H and O–H groups in total. The van der Waals surface area contributed by atoms with Crippen LogP contribution < -0.4 is 15.6 Å². The highest BCUT2D eigenvalue weighted by molar-refractivity contribution is 5.95. The van der Waals surface area contributed by atoms with Gasteiger partial charge in [0.25, 0.3) is 5.56 Å². The number of carbonyl (C=O) groups is 2. The van der Waals surface area contributed by atoms with E-state index in [1.54, 1.807) is 18.2 Å². The minimum absolute atomic E-state index is 0.0257. The van der Waals surface area contributed by atoms with Gasteiger partial charge in [0, 0.05) is 25.6 Å². The fourth-order valence-electron chi connectivity index (χ4n) is 6.12. The normalized spacial score (nSPS) is 16.2. The molecule has 1 aromatic carbocycles. The summed E-state index contributed by atoms with van der Waals surface area (Å²) >= 11 is 0. The van der Waals surface area contributed by atoms with Crippen molar-refractivity contribution >= 4 is 28.7 Å². The molecule has 0 spiro atoms. The van der Waals surface area contributed by atoms with Gasteiger partial charge >= 0.3 is 0 Å². The number of para-hydroxylation sites is 1. The number of hydrogen-bond donors (Lipinski definition) is 2. The lowest BCUT2D eigenvalue weighted by Gasteiger charge is -2.39. The third-order valence-electron chi connectivity index (χ3n) is 8.10. The lowest BCUT2D eigenvalue weighted by Crippen LogP contribution is -2.45. The van der Waals surface area contributed by atoms with Crippen LogP contribution in [0.5, 0.6) is 5.75 Å². The van der Waals surface area contributed by atoms with Gasteiger partial charge in [-0.2, -0.15) is 0 Å². The molecule has 214 valence electrons. The van der Waals surface area contributed by atoms with E-state index in [2.05, 4.69) is 22.1 Å². The first-order chi connectivity index (χ1) is 19.0. The molecule has 4 rings (SSSR count). The molecule has 0 bridgehead atoms. The van der Waals surface area contributed by atoms with Crippen molar-refractivity contribution in [3.63, 3.8) is 0 Å². The van der Waals surface area contributed by atoms with Gasteiger partial charge in [0.1, 0.15) is 17.8 Å². The number of ether oxygens (including phenoxy) is 1. The summed E-state index contributed by atoms with van der Waals surface area (Å²) in [5.74, 6) is 1.24. The predicted octanol–water partition coefficient (Wildman–Crippen LogP) is 4.64. The molecule has 1 aliphatic carbocycles. The molecule has 1 aliphatic heterocycles. The summed E-state index contributed by atoms with van der Waals surface area (Å²) in [6, 6.07) is 5.51. The van der Waals surface area contributed by atoms with Crippen molar-refractivity contribution in [3.8, 4) is 5.75 Å². The van der Waals surface area contributed by atoms with Crippen LogP contribution in [-0.4, -0.2) is 57.2 Å². The maximum absolute atomic E-state index is 13.6. The van der Waals surface area contributed by atoms with Gasteiger partial charge in [0.15, 0.2) is 0 Å². The quantitative estimate of drug-likeness (QED) is 0.318. The maximum Gasteiger partial charge on any atom is 0.263 e. The number of aliphatic hydroxyl groups is 1. The summed E-state index contributed by atoms with van der Waals surface area (Å²) in [6.45, 7) is 3.52. The summed E-state index contributed by atoms with van der Waals surface area (Å²) < 4.78 is 7.36. The Morgan fingerprint density at radius 2 is 1.95 bits per heavy atom. The average molecular weight is 541 g/mol. The Kier molecular flexibility index (Phi) is 10.8. The standard InChI is InChI=1S/C30H44N4O5/c1-2-12-24(22-13-6-5-7-14-22)33(18-8-3-4-9-19-35)27(37)17-11-20-39-25-16-10-15-23-28(25)32-30-31-26(36)21-34(30)29(23)38/h10,15-16,22,24,35H,2-9,11-14,17-21H2,1H3,(H,31,32,36). The first-order valence-electron chi connectivity index (χ1n) is 14.9. The molecule has 9 heteroatoms. The Hall–Kier alpha value is -2.94. The van der Waals surface area contributed by atoms with Crippen molar-refractivity contribution in [1.29, 1.82) is 0 Å². The number of aliphatic hydroxyl groups excluding tert-OH is 1. The Balaban J connectivity index is 1.39. The van der Waals surface area contributed by atoms with Crippen LogP contribution in [0.2, 0.25) is 0 Å². The molecule has 9 nitrogen and oxygen atoms in total. The first kappa shape index (κ1) is 29.1. The lowest BCUT2D eigenvalue weighted by molar-refractivity contribution is -0.135. The molecule has 2 aromatic rings. The predicted molar refractivity (Wildman–Crippen MR) is 152 cm³/mol. The molecule has 1 atom stereocenters. The third-order valence-corrected chi connectivity index (χ3v) is 8.10. The molecule has 0 radical (unpaired) electrons. The van der Waals surface area contributed by atoms with Gasteiger partial charge in [0.05, 0.1) is 12.0 Å². The van der Waals surface area contributed by atoms with E-state index in [9.17, 15) is 14.4 Å². The molecule has 1 fully saturated rings. The topological polar surface area (TPSA) is 114 Å². The second kappa shape index (κ2) is 14.4. The van der Waals surface area contributed by atoms with E-state index >= 15 is 0 Å². The summed E-state index contributed by atoms with van der Waals surface area (Å²) in [5.41, 5.74) is 0.153. The highest BCUT2D eigenvalue weighted by atomic mass is 16.5. The van der Waals surface area contributed by atoms with Gasteiger partial charge in [-0.15, -0.1) is 0 Å². The Morgan fingerprint density at radius 1 is 1.15 bits per heavy atom. The largest absolute Gasteiger partial charge is 0.491 e. The van der Waals surface area contributed by atoms with Crippen molar-refractivity contribution < 1.29 is 19.4 Å². The van der Waals surface area contributed by atoms with Gasteiger partial charge in [0.2, 0.25) is 17.8 Å². The van der Waals surface area contributed by atoms with Crippen LogP contribution in [0.4, 0.5) is 5.95 Å². The van der Waals surface area contributed by atoms with E-state index in [0.29, 0.717) is 48.1 Å². The smallest absolute Gasteiger partial charge is 0.263 e. The number of rotatable bonds is 15. The molecule has 2 amide bonds. The second-order valence-electron chi connectivity index (χ2n) is 11.0. The molecule has 0 saturated heterocycles. The van der Waals surface area contributed by atoms with Crippen LogP contribution in [0.1, 0.15) is 90.4 Å². The molecular weight excluding hydrogens is 496 g/mol. The molecular formula is C30H44N4O5. The van der Waals surface area contributed by atoms with Crippen molar-refractivity contribution in [3.05, 3.63) is 28.6 Å². The molecule has 1 saturated carbocycles. The van der Waals surface area contributed by atoms with Crippen molar-refractivity contribution in [2.24, 2.45) is 5.92 Å². The zero-order valence-electron chi connectivity index (χ0n) is 23.3. The third kappa shape index (κ3) is 7.38. The van der Waals surface area contributed by atoms with E-state index in [-0.39, 0.29) is 36.5 Å². The molecule has 2 aliphatic rings. The van der Waals surface area contributed by atoms with Gasteiger partial charge in [-0.3, -0.25) is 24.3 Å². The van der Waals surface area contributed by atoms with E-state index < -0.39 is 0 Å². The first-order valence-corrected chi connectivity index (χ1v) is 14.9. The molecule has 1 unspecified atom stereocenters. The Bertz CT molecular complexity index is 1170. The number of carbonyl (C=O) groups excluding carboxylic acids is 2. The lowest BCUT2D eigenvalue weighted by atomic mass is 9.81. The van der Waals surface area contributed by atoms with E-state index in [1.807, 2.05) is 0 Å². The molecule has 39 heavy (non-hydrogen) atoms. The Morgan fingerprint density at radius 3 is 2.72 bits per heavy atom. The number of fused-ring (bicyclic) bond motifs is 2. The van der Waals surface area contributed by atoms with Crippen LogP contribution in [0.15, 0.2) is 23.0 Å². The van der Waals surface area contributed by atoms with E-state index in [0.717, 1.165) is 45.1 Å². The highest BCUT2D eigenvalue weighted by Crippen LogP contribution is 2.32. The van der Waals surface area contributed by atoms with E-state index in [1.165, 1.54) is 36.7 Å². The maximum atomic E-state index is 13.6. The van der Waals surface area contributed by atoms with Gasteiger partial charge in [-0.1, -0.05) is 51.5 Å². The van der Waals surface area contributed by atoms with Crippen molar-refractivity contribution in [1.82, 2.24) is 14.5 Å². The number of hydrogen-bond acceptors (Lipinski definition) is 6. The Labute approximate surface area is 230 Å². The van der Waals surface area contributed by atoms with Crippen molar-refractivity contribution in [2.75, 3.05) is 25.1 Å². The monoisotopic (exact) mass is 540 g/mol. The number of nitrogens with one attached hydrogen (secondary N) is 1. The SMILES string of the molecule is CCCC(C1CCCCC1)N(CCCCCCO)C(=O)CCCOc1cccc2c(=O)n3c(nc12)NC(=O)C3. The second-order valence-corrected chi connectivity index (χ2v) is 11.0. The molecule has 1 aromatic heterocycles. The fourth-order valence-corrected chi connectivity index (χ4v) is 6.12. The summed E-state index contributed by atoms with van der Waals surface area (Å²) in [5, 5.41) is 12.1. The number of amides is 2. The number of nitrogens with zero attached hydrogens (tertiary/aromatic N) is 3. The van der Waals surface area contributed by atoms with Gasteiger partial charge in [-0.25, -0.2) is 4.98 Å². The van der Waals surface area contributed by atoms with Crippen LogP contribution in [0.3, 0.4) is 0 Å². The van der Waals surface area contributed by atoms with Gasteiger partial charge in [-0.05, 0) is 56.6 Å². The van der Waals surface area contributed by atoms with Crippen LogP contribution >= 0.6 is 0 Å². The van der Waals surface area contributed by atoms with Crippen LogP contribution in [0, 0.1) is 5.92 Å². The van der Waals surface area contributed by atoms with Crippen LogP contribution in [0.25, 0.3) is 10.9 Å². The zero-order valence-corrected chi connectivity index (χ0v) is 23.3.